The van der Waals surface area contributed by atoms with Crippen LogP contribution >= 0.6 is 7.82 Å². The molecule has 0 heterocycles. The molecule has 0 saturated carbocycles. The van der Waals surface area contributed by atoms with Gasteiger partial charge in [-0.25, -0.2) is 4.57 Å². The maximum Gasteiger partial charge on any atom is 0.472 e. The molecule has 9 nitrogen and oxygen atoms in total. The van der Waals surface area contributed by atoms with E-state index in [0.29, 0.717) is 6.42 Å². The summed E-state index contributed by atoms with van der Waals surface area (Å²) >= 11 is 0. The molecule has 0 aromatic heterocycles. The molecule has 0 aromatic rings. The number of hydrogen-bond acceptors (Lipinski definition) is 8. The summed E-state index contributed by atoms with van der Waals surface area (Å²) in [4.78, 5) is 35.5. The predicted octanol–water partition coefficient (Wildman–Crippen LogP) is 29.0. The number of carbonyl (C=O) groups is 2. The second-order valence-corrected chi connectivity index (χ2v) is 30.5. The minimum absolute atomic E-state index is 0.0555. The van der Waals surface area contributed by atoms with Gasteiger partial charge in [-0.1, -0.05) is 440 Å². The van der Waals surface area contributed by atoms with Gasteiger partial charge in [-0.3, -0.25) is 18.6 Å². The van der Waals surface area contributed by atoms with E-state index in [9.17, 15) is 19.0 Å². The number of hydrogen-bond donors (Lipinski definition) is 2. The molecule has 98 heavy (non-hydrogen) atoms. The number of esters is 2. The standard InChI is InChI=1S/C88H164NO8P/c1-3-5-7-9-11-13-15-17-19-21-23-25-27-29-31-33-35-37-39-41-42-43-44-45-47-49-51-53-55-57-59-61-63-65-67-69-71-73-75-77-79-81-88(91)97-86(85-96-98(92,93)95-83-82-89)84-94-87(90)80-78-76-74-72-70-68-66-64-62-60-58-56-54-52-50-48-46-40-38-36-34-32-30-28-26-24-22-20-18-16-14-12-10-8-6-4-2/h5,7,11,13,17,19,23,25,29,31,35,37,86H,3-4,6,8-10,12,14-16,18,20-22,24,26-28,30,32-34,36,38-85,89H2,1-2H3,(H,92,93)/b7-5-,13-11-,19-17-,25-23-,31-29-,37-35-. The highest BCUT2D eigenvalue weighted by molar-refractivity contribution is 7.47. The number of nitrogens with two attached hydrogens (primary N) is 1. The molecule has 10 heteroatoms. The van der Waals surface area contributed by atoms with Crippen molar-refractivity contribution in [1.82, 2.24) is 0 Å². The zero-order chi connectivity index (χ0) is 70.8. The van der Waals surface area contributed by atoms with Crippen molar-refractivity contribution in [3.05, 3.63) is 72.9 Å². The van der Waals surface area contributed by atoms with Crippen LogP contribution in [0, 0.1) is 0 Å². The van der Waals surface area contributed by atoms with E-state index in [1.807, 2.05) is 0 Å². The zero-order valence-electron chi connectivity index (χ0n) is 65.0. The van der Waals surface area contributed by atoms with Crippen LogP contribution in [-0.2, 0) is 32.7 Å². The van der Waals surface area contributed by atoms with E-state index >= 15 is 0 Å². The summed E-state index contributed by atoms with van der Waals surface area (Å²) in [5.41, 5.74) is 5.42. The lowest BCUT2D eigenvalue weighted by atomic mass is 10.0. The van der Waals surface area contributed by atoms with Crippen molar-refractivity contribution in [2.45, 2.75) is 450 Å². The van der Waals surface area contributed by atoms with Gasteiger partial charge in [0.25, 0.3) is 0 Å². The third kappa shape index (κ3) is 82.4. The maximum absolute atomic E-state index is 12.8. The highest BCUT2D eigenvalue weighted by atomic mass is 31.2. The van der Waals surface area contributed by atoms with Crippen LogP contribution in [0.25, 0.3) is 0 Å². The van der Waals surface area contributed by atoms with Gasteiger partial charge in [-0.05, 0) is 64.2 Å². The van der Waals surface area contributed by atoms with Gasteiger partial charge in [0.2, 0.25) is 0 Å². The van der Waals surface area contributed by atoms with Crippen molar-refractivity contribution < 1.29 is 37.6 Å². The van der Waals surface area contributed by atoms with Crippen LogP contribution in [0.1, 0.15) is 444 Å². The van der Waals surface area contributed by atoms with Gasteiger partial charge in [0.05, 0.1) is 13.2 Å². The van der Waals surface area contributed by atoms with Crippen molar-refractivity contribution in [1.29, 1.82) is 0 Å². The molecule has 0 saturated heterocycles. The van der Waals surface area contributed by atoms with Crippen LogP contribution in [0.4, 0.5) is 0 Å². The Balaban J connectivity index is 3.73. The van der Waals surface area contributed by atoms with E-state index < -0.39 is 26.5 Å². The third-order valence-electron chi connectivity index (χ3n) is 19.4. The van der Waals surface area contributed by atoms with E-state index in [-0.39, 0.29) is 38.6 Å². The van der Waals surface area contributed by atoms with Crippen molar-refractivity contribution >= 4 is 19.8 Å². The first-order chi connectivity index (χ1) is 48.3. The molecule has 0 radical (unpaired) electrons. The number of phosphoric ester groups is 1. The summed E-state index contributed by atoms with van der Waals surface area (Å²) in [6.07, 6.45) is 112. The molecular weight excluding hydrogens is 1230 g/mol. The van der Waals surface area contributed by atoms with Crippen LogP contribution in [0.3, 0.4) is 0 Å². The van der Waals surface area contributed by atoms with Crippen LogP contribution in [-0.4, -0.2) is 49.3 Å². The van der Waals surface area contributed by atoms with Crippen LogP contribution < -0.4 is 5.73 Å². The van der Waals surface area contributed by atoms with Gasteiger partial charge in [0.15, 0.2) is 6.10 Å². The predicted molar refractivity (Wildman–Crippen MR) is 427 cm³/mol. The average Bonchev–Trinajstić information content (AvgIpc) is 1.36. The van der Waals surface area contributed by atoms with Gasteiger partial charge in [0, 0.05) is 19.4 Å². The molecule has 0 amide bonds. The summed E-state index contributed by atoms with van der Waals surface area (Å²) in [7, 11) is -4.40. The second-order valence-electron chi connectivity index (χ2n) is 29.0. The van der Waals surface area contributed by atoms with Crippen molar-refractivity contribution in [2.75, 3.05) is 26.4 Å². The number of allylic oxidation sites excluding steroid dienone is 12. The molecule has 0 aliphatic heterocycles. The summed E-state index contributed by atoms with van der Waals surface area (Å²) in [5.74, 6) is -0.802. The highest BCUT2D eigenvalue weighted by Crippen LogP contribution is 2.43. The third-order valence-corrected chi connectivity index (χ3v) is 20.3. The molecule has 2 atom stereocenters. The Bertz CT molecular complexity index is 1840. The Morgan fingerprint density at radius 2 is 0.561 bits per heavy atom. The number of phosphoric acid groups is 1. The van der Waals surface area contributed by atoms with Gasteiger partial charge in [-0.15, -0.1) is 0 Å². The molecule has 3 N–H and O–H groups in total. The van der Waals surface area contributed by atoms with Crippen LogP contribution in [0.5, 0.6) is 0 Å². The lowest BCUT2D eigenvalue weighted by Crippen LogP contribution is -2.29. The van der Waals surface area contributed by atoms with Crippen molar-refractivity contribution in [3.63, 3.8) is 0 Å². The largest absolute Gasteiger partial charge is 0.472 e. The smallest absolute Gasteiger partial charge is 0.462 e. The van der Waals surface area contributed by atoms with Crippen LogP contribution in [0.15, 0.2) is 72.9 Å². The molecular formula is C88H164NO8P. The Morgan fingerprint density at radius 1 is 0.316 bits per heavy atom. The van der Waals surface area contributed by atoms with Crippen molar-refractivity contribution in [3.8, 4) is 0 Å². The molecule has 0 fully saturated rings. The van der Waals surface area contributed by atoms with E-state index in [2.05, 4.69) is 86.8 Å². The minimum Gasteiger partial charge on any atom is -0.462 e. The number of unbranched alkanes of at least 4 members (excludes halogenated alkanes) is 57. The van der Waals surface area contributed by atoms with Gasteiger partial charge < -0.3 is 20.1 Å². The number of rotatable bonds is 82. The van der Waals surface area contributed by atoms with E-state index in [1.54, 1.807) is 0 Å². The Hall–Kier alpha value is -2.55. The summed E-state index contributed by atoms with van der Waals surface area (Å²) in [5, 5.41) is 0. The van der Waals surface area contributed by atoms with Crippen LogP contribution in [0.2, 0.25) is 0 Å². The van der Waals surface area contributed by atoms with Crippen molar-refractivity contribution in [2.24, 2.45) is 5.73 Å². The maximum atomic E-state index is 12.8. The number of ether oxygens (including phenoxy) is 2. The van der Waals surface area contributed by atoms with E-state index in [1.165, 1.54) is 340 Å². The quantitative estimate of drug-likeness (QED) is 0.0264. The number of carbonyl (C=O) groups excluding carboxylic acids is 2. The fourth-order valence-corrected chi connectivity index (χ4v) is 13.8. The monoisotopic (exact) mass is 1390 g/mol. The fourth-order valence-electron chi connectivity index (χ4n) is 13.1. The molecule has 0 spiro atoms. The van der Waals surface area contributed by atoms with Gasteiger partial charge >= 0.3 is 19.8 Å². The minimum atomic E-state index is -4.40. The normalized spacial score (nSPS) is 13.1. The first-order valence-corrected chi connectivity index (χ1v) is 44.4. The molecule has 574 valence electrons. The molecule has 0 aliphatic rings. The molecule has 0 aromatic carbocycles. The molecule has 0 aliphatic carbocycles. The first kappa shape index (κ1) is 95.5. The summed E-state index contributed by atoms with van der Waals surface area (Å²) in [6.45, 7) is 3.71. The Morgan fingerprint density at radius 3 is 0.837 bits per heavy atom. The second kappa shape index (κ2) is 83.4. The summed E-state index contributed by atoms with van der Waals surface area (Å²) < 4.78 is 33.3. The Labute approximate surface area is 609 Å². The highest BCUT2D eigenvalue weighted by Gasteiger charge is 2.26. The zero-order valence-corrected chi connectivity index (χ0v) is 65.9. The van der Waals surface area contributed by atoms with Gasteiger partial charge in [-0.2, -0.15) is 0 Å². The van der Waals surface area contributed by atoms with E-state index in [0.717, 1.165) is 70.6 Å². The summed E-state index contributed by atoms with van der Waals surface area (Å²) in [6, 6.07) is 0. The lowest BCUT2D eigenvalue weighted by molar-refractivity contribution is -0.161. The molecule has 2 unspecified atom stereocenters. The first-order valence-electron chi connectivity index (χ1n) is 42.9. The fraction of sp³-hybridized carbons (Fsp3) is 0.841. The Kier molecular flexibility index (Phi) is 81.2. The van der Waals surface area contributed by atoms with E-state index in [4.69, 9.17) is 24.3 Å². The topological polar surface area (TPSA) is 134 Å². The lowest BCUT2D eigenvalue weighted by Gasteiger charge is -2.19. The molecule has 0 rings (SSSR count). The van der Waals surface area contributed by atoms with Gasteiger partial charge in [0.1, 0.15) is 6.61 Å². The molecule has 0 bridgehead atoms. The average molecular weight is 1400 g/mol. The SMILES string of the molecule is CC/C=C\C/C=C\C/C=C\C/C=C\C/C=C\C/C=C\CCCCCCCCCCCCCCCCCCCCCCCCC(=O)OC(COC(=O)CCCCCCCCCCCCCCCCCCCCCCCCCCCCCCCCCCCCCC)COP(=O)(O)OCCN.